The van der Waals surface area contributed by atoms with Gasteiger partial charge in [-0.1, -0.05) is 26.7 Å². The molecule has 0 saturated carbocycles. The van der Waals surface area contributed by atoms with Crippen molar-refractivity contribution in [3.8, 4) is 0 Å². The minimum atomic E-state index is 0.804. The summed E-state index contributed by atoms with van der Waals surface area (Å²) in [6.07, 6.45) is 8.21. The van der Waals surface area contributed by atoms with Crippen molar-refractivity contribution in [1.29, 1.82) is 0 Å². The number of nitrogens with zero attached hydrogens (tertiary/aromatic N) is 1. The normalized spacial score (nSPS) is 22.8. The lowest BCUT2D eigenvalue weighted by atomic mass is 10.0. The number of likely N-dealkylation sites (N-methyl/N-ethyl adjacent to an activating group) is 1. The first-order valence-corrected chi connectivity index (χ1v) is 6.73. The minimum absolute atomic E-state index is 0.804. The Labute approximate surface area is 95.4 Å². The Morgan fingerprint density at radius 2 is 1.93 bits per heavy atom. The number of likely N-dealkylation sites (tertiary alicyclic amines) is 1. The van der Waals surface area contributed by atoms with Crippen LogP contribution in [-0.4, -0.2) is 37.1 Å². The molecule has 2 heteroatoms. The fraction of sp³-hybridized carbons (Fsp3) is 1.00. The van der Waals surface area contributed by atoms with Crippen LogP contribution in [0.1, 0.15) is 52.4 Å². The molecular weight excluding hydrogens is 184 g/mol. The lowest BCUT2D eigenvalue weighted by molar-refractivity contribution is 0.158. The van der Waals surface area contributed by atoms with Crippen molar-refractivity contribution in [1.82, 2.24) is 10.2 Å². The Balaban J connectivity index is 2.48. The van der Waals surface area contributed by atoms with E-state index in [0.717, 1.165) is 12.1 Å². The Kier molecular flexibility index (Phi) is 6.26. The molecule has 1 atom stereocenters. The van der Waals surface area contributed by atoms with Crippen LogP contribution in [0.3, 0.4) is 0 Å². The summed E-state index contributed by atoms with van der Waals surface area (Å²) in [5.41, 5.74) is 0. The van der Waals surface area contributed by atoms with Crippen LogP contribution < -0.4 is 5.32 Å². The predicted octanol–water partition coefficient (Wildman–Crippen LogP) is 2.64. The molecule has 0 radical (unpaired) electrons. The van der Waals surface area contributed by atoms with E-state index in [4.69, 9.17) is 0 Å². The van der Waals surface area contributed by atoms with Crippen LogP contribution in [0.25, 0.3) is 0 Å². The van der Waals surface area contributed by atoms with Crippen molar-refractivity contribution < 1.29 is 0 Å². The number of hydrogen-bond acceptors (Lipinski definition) is 2. The highest BCUT2D eigenvalue weighted by molar-refractivity contribution is 4.85. The van der Waals surface area contributed by atoms with Gasteiger partial charge in [0.25, 0.3) is 0 Å². The van der Waals surface area contributed by atoms with Gasteiger partial charge in [-0.3, -0.25) is 4.90 Å². The monoisotopic (exact) mass is 212 g/mol. The topological polar surface area (TPSA) is 15.3 Å². The summed E-state index contributed by atoms with van der Waals surface area (Å²) in [6, 6.07) is 1.65. The van der Waals surface area contributed by atoms with Gasteiger partial charge in [-0.05, 0) is 39.3 Å². The molecule has 2 nitrogen and oxygen atoms in total. The van der Waals surface area contributed by atoms with E-state index >= 15 is 0 Å². The lowest BCUT2D eigenvalue weighted by Crippen LogP contribution is -2.43. The van der Waals surface area contributed by atoms with Crippen molar-refractivity contribution in [2.75, 3.05) is 20.1 Å². The molecule has 0 aromatic rings. The summed E-state index contributed by atoms with van der Waals surface area (Å²) >= 11 is 0. The second kappa shape index (κ2) is 7.24. The van der Waals surface area contributed by atoms with Gasteiger partial charge in [0, 0.05) is 18.6 Å². The maximum absolute atomic E-state index is 3.34. The van der Waals surface area contributed by atoms with Crippen molar-refractivity contribution >= 4 is 0 Å². The first kappa shape index (κ1) is 13.0. The average Bonchev–Trinajstić information content (AvgIpc) is 2.66. The summed E-state index contributed by atoms with van der Waals surface area (Å²) < 4.78 is 0. The SMILES string of the molecule is CCCC(CCC)N1CCCC1CNC. The van der Waals surface area contributed by atoms with Gasteiger partial charge in [0.05, 0.1) is 0 Å². The van der Waals surface area contributed by atoms with Crippen LogP contribution in [0.15, 0.2) is 0 Å². The molecule has 1 saturated heterocycles. The molecule has 1 heterocycles. The smallest absolute Gasteiger partial charge is 0.0223 e. The number of hydrogen-bond donors (Lipinski definition) is 1. The van der Waals surface area contributed by atoms with Gasteiger partial charge in [-0.2, -0.15) is 0 Å². The van der Waals surface area contributed by atoms with E-state index in [-0.39, 0.29) is 0 Å². The Morgan fingerprint density at radius 1 is 1.27 bits per heavy atom. The van der Waals surface area contributed by atoms with Gasteiger partial charge in [-0.15, -0.1) is 0 Å². The van der Waals surface area contributed by atoms with E-state index in [9.17, 15) is 0 Å². The molecule has 0 aromatic heterocycles. The lowest BCUT2D eigenvalue weighted by Gasteiger charge is -2.33. The highest BCUT2D eigenvalue weighted by Gasteiger charge is 2.28. The fourth-order valence-corrected chi connectivity index (χ4v) is 2.94. The molecule has 1 rings (SSSR count). The molecule has 0 aliphatic carbocycles. The van der Waals surface area contributed by atoms with Gasteiger partial charge in [0.2, 0.25) is 0 Å². The second-order valence-corrected chi connectivity index (χ2v) is 4.82. The standard InChI is InChI=1S/C13H28N2/c1-4-7-12(8-5-2)15-10-6-9-13(15)11-14-3/h12-14H,4-11H2,1-3H3. The maximum Gasteiger partial charge on any atom is 0.0223 e. The Morgan fingerprint density at radius 3 is 2.47 bits per heavy atom. The third-order valence-corrected chi connectivity index (χ3v) is 3.58. The van der Waals surface area contributed by atoms with E-state index < -0.39 is 0 Å². The van der Waals surface area contributed by atoms with Crippen LogP contribution in [0, 0.1) is 0 Å². The summed E-state index contributed by atoms with van der Waals surface area (Å²) in [7, 11) is 2.07. The van der Waals surface area contributed by atoms with E-state index in [0.29, 0.717) is 0 Å². The second-order valence-electron chi connectivity index (χ2n) is 4.82. The van der Waals surface area contributed by atoms with Crippen molar-refractivity contribution in [2.24, 2.45) is 0 Å². The molecule has 0 spiro atoms. The van der Waals surface area contributed by atoms with Crippen LogP contribution in [-0.2, 0) is 0 Å². The molecule has 0 bridgehead atoms. The van der Waals surface area contributed by atoms with E-state index in [1.165, 1.54) is 51.6 Å². The quantitative estimate of drug-likeness (QED) is 0.698. The average molecular weight is 212 g/mol. The molecule has 1 aliphatic rings. The van der Waals surface area contributed by atoms with E-state index in [1.807, 2.05) is 0 Å². The number of nitrogens with one attached hydrogen (secondary N) is 1. The molecule has 1 N–H and O–H groups in total. The molecule has 15 heavy (non-hydrogen) atoms. The summed E-state index contributed by atoms with van der Waals surface area (Å²) in [5, 5.41) is 3.34. The van der Waals surface area contributed by atoms with Gasteiger partial charge in [0.1, 0.15) is 0 Å². The largest absolute Gasteiger partial charge is 0.318 e. The van der Waals surface area contributed by atoms with Gasteiger partial charge in [-0.25, -0.2) is 0 Å². The summed E-state index contributed by atoms with van der Waals surface area (Å²) in [5.74, 6) is 0. The highest BCUT2D eigenvalue weighted by atomic mass is 15.2. The zero-order valence-electron chi connectivity index (χ0n) is 10.8. The van der Waals surface area contributed by atoms with E-state index in [1.54, 1.807) is 0 Å². The van der Waals surface area contributed by atoms with E-state index in [2.05, 4.69) is 31.1 Å². The molecule has 1 aliphatic heterocycles. The Bertz CT molecular complexity index is 153. The third-order valence-electron chi connectivity index (χ3n) is 3.58. The molecular formula is C13H28N2. The molecule has 0 amide bonds. The fourth-order valence-electron chi connectivity index (χ4n) is 2.94. The van der Waals surface area contributed by atoms with Crippen molar-refractivity contribution in [3.63, 3.8) is 0 Å². The number of rotatable bonds is 7. The minimum Gasteiger partial charge on any atom is -0.318 e. The zero-order chi connectivity index (χ0) is 11.1. The van der Waals surface area contributed by atoms with Gasteiger partial charge >= 0.3 is 0 Å². The molecule has 1 unspecified atom stereocenters. The van der Waals surface area contributed by atoms with Crippen molar-refractivity contribution in [2.45, 2.75) is 64.5 Å². The van der Waals surface area contributed by atoms with Gasteiger partial charge in [0.15, 0.2) is 0 Å². The van der Waals surface area contributed by atoms with Crippen LogP contribution in [0.4, 0.5) is 0 Å². The van der Waals surface area contributed by atoms with Crippen molar-refractivity contribution in [3.05, 3.63) is 0 Å². The highest BCUT2D eigenvalue weighted by Crippen LogP contribution is 2.24. The Hall–Kier alpha value is -0.0800. The zero-order valence-corrected chi connectivity index (χ0v) is 10.8. The molecule has 0 aromatic carbocycles. The summed E-state index contributed by atoms with van der Waals surface area (Å²) in [4.78, 5) is 2.77. The first-order chi connectivity index (χ1) is 7.33. The molecule has 1 fully saturated rings. The van der Waals surface area contributed by atoms with Crippen LogP contribution in [0.2, 0.25) is 0 Å². The third kappa shape index (κ3) is 3.76. The van der Waals surface area contributed by atoms with Crippen LogP contribution >= 0.6 is 0 Å². The van der Waals surface area contributed by atoms with Gasteiger partial charge < -0.3 is 5.32 Å². The summed E-state index contributed by atoms with van der Waals surface area (Å²) in [6.45, 7) is 7.12. The van der Waals surface area contributed by atoms with Crippen LogP contribution in [0.5, 0.6) is 0 Å². The molecule has 90 valence electrons. The maximum atomic E-state index is 3.34. The predicted molar refractivity (Wildman–Crippen MR) is 67.3 cm³/mol. The first-order valence-electron chi connectivity index (χ1n) is 6.73.